The zero-order valence-corrected chi connectivity index (χ0v) is 25.5. The summed E-state index contributed by atoms with van der Waals surface area (Å²) in [5.41, 5.74) is 0. The van der Waals surface area contributed by atoms with Crippen LogP contribution in [0.4, 0.5) is 0 Å². The Labute approximate surface area is 225 Å². The minimum absolute atomic E-state index is 0.413. The second-order valence-corrected chi connectivity index (χ2v) is 18.2. The van der Waals surface area contributed by atoms with Crippen LogP contribution in [0.15, 0.2) is 0 Å². The summed E-state index contributed by atoms with van der Waals surface area (Å²) in [5, 5.41) is 13.8. The molecule has 4 saturated heterocycles. The van der Waals surface area contributed by atoms with Crippen LogP contribution < -0.4 is 21.3 Å². The standard InChI is InChI=1S/C27H54N4O4P2/c1-20-8-28-12-24(20)16-36(32,17-25-13-29-9-21(25)2)34-6-5-7-35-37(33,18-26-14-30-10-22(26)3)19-27-15-31-11-23(27)4/h20-31H,5-19H2,1-4H3. The third-order valence-corrected chi connectivity index (χ3v) is 15.1. The van der Waals surface area contributed by atoms with E-state index in [0.29, 0.717) is 91.6 Å². The lowest BCUT2D eigenvalue weighted by Gasteiger charge is -2.28. The smallest absolute Gasteiger partial charge is 0.203 e. The number of hydrogen-bond donors (Lipinski definition) is 4. The van der Waals surface area contributed by atoms with E-state index in [9.17, 15) is 9.13 Å². The van der Waals surface area contributed by atoms with Gasteiger partial charge >= 0.3 is 0 Å². The van der Waals surface area contributed by atoms with Gasteiger partial charge in [-0.05, 0) is 106 Å². The molecule has 0 aromatic carbocycles. The largest absolute Gasteiger partial charge is 0.328 e. The van der Waals surface area contributed by atoms with Crippen LogP contribution in [-0.2, 0) is 18.2 Å². The Morgan fingerprint density at radius 3 is 1.00 bits per heavy atom. The molecule has 216 valence electrons. The van der Waals surface area contributed by atoms with Crippen LogP contribution in [0.5, 0.6) is 0 Å². The average molecular weight is 561 g/mol. The van der Waals surface area contributed by atoms with Crippen molar-refractivity contribution in [1.29, 1.82) is 0 Å². The van der Waals surface area contributed by atoms with Crippen molar-refractivity contribution in [3.05, 3.63) is 0 Å². The maximum atomic E-state index is 14.1. The molecular formula is C27H54N4O4P2. The van der Waals surface area contributed by atoms with Gasteiger partial charge < -0.3 is 30.3 Å². The van der Waals surface area contributed by atoms with Crippen molar-refractivity contribution in [1.82, 2.24) is 21.3 Å². The second-order valence-electron chi connectivity index (χ2n) is 13.0. The molecule has 0 amide bonds. The molecule has 0 bridgehead atoms. The van der Waals surface area contributed by atoms with Gasteiger partial charge in [0.2, 0.25) is 14.7 Å². The molecule has 4 N–H and O–H groups in total. The van der Waals surface area contributed by atoms with Crippen LogP contribution in [0.25, 0.3) is 0 Å². The first-order valence-corrected chi connectivity index (χ1v) is 18.9. The van der Waals surface area contributed by atoms with E-state index in [1.165, 1.54) is 0 Å². The van der Waals surface area contributed by atoms with Gasteiger partial charge in [0.1, 0.15) is 0 Å². The molecule has 8 nitrogen and oxygen atoms in total. The van der Waals surface area contributed by atoms with E-state index in [1.54, 1.807) is 0 Å². The van der Waals surface area contributed by atoms with Gasteiger partial charge in [-0.15, -0.1) is 0 Å². The van der Waals surface area contributed by atoms with Crippen molar-refractivity contribution in [2.75, 3.05) is 90.2 Å². The molecule has 0 aromatic rings. The molecule has 0 aromatic heterocycles. The van der Waals surface area contributed by atoms with E-state index in [4.69, 9.17) is 9.05 Å². The van der Waals surface area contributed by atoms with E-state index >= 15 is 0 Å². The Morgan fingerprint density at radius 1 is 0.514 bits per heavy atom. The van der Waals surface area contributed by atoms with Crippen molar-refractivity contribution < 1.29 is 18.2 Å². The number of rotatable bonds is 14. The summed E-state index contributed by atoms with van der Waals surface area (Å²) in [7, 11) is -5.52. The zero-order valence-electron chi connectivity index (χ0n) is 23.8. The summed E-state index contributed by atoms with van der Waals surface area (Å²) in [6.07, 6.45) is 3.32. The van der Waals surface area contributed by atoms with Gasteiger partial charge in [-0.3, -0.25) is 9.13 Å². The number of hydrogen-bond acceptors (Lipinski definition) is 8. The SMILES string of the molecule is CC1CNCC1CP(=O)(CC1CNCC1C)OCCCOP(=O)(CC1CNCC1C)CC1CNCC1C. The van der Waals surface area contributed by atoms with Gasteiger partial charge in [-0.1, -0.05) is 27.7 Å². The lowest BCUT2D eigenvalue weighted by molar-refractivity contribution is 0.240. The summed E-state index contributed by atoms with van der Waals surface area (Å²) >= 11 is 0. The maximum Gasteiger partial charge on any atom is 0.203 e. The molecule has 10 heteroatoms. The molecule has 0 aliphatic carbocycles. The topological polar surface area (TPSA) is 101 Å². The van der Waals surface area contributed by atoms with Crippen molar-refractivity contribution in [3.63, 3.8) is 0 Å². The Balaban J connectivity index is 1.31. The second kappa shape index (κ2) is 13.7. The van der Waals surface area contributed by atoms with Crippen LogP contribution >= 0.6 is 14.7 Å². The van der Waals surface area contributed by atoms with Crippen LogP contribution in [-0.4, -0.2) is 90.2 Å². The molecule has 0 radical (unpaired) electrons. The molecule has 8 unspecified atom stereocenters. The van der Waals surface area contributed by atoms with E-state index in [1.807, 2.05) is 0 Å². The molecule has 4 aliphatic heterocycles. The first-order chi connectivity index (χ1) is 17.7. The highest BCUT2D eigenvalue weighted by molar-refractivity contribution is 7.59. The van der Waals surface area contributed by atoms with Gasteiger partial charge in [0.15, 0.2) is 0 Å². The van der Waals surface area contributed by atoms with Gasteiger partial charge in [-0.2, -0.15) is 0 Å². The predicted molar refractivity (Wildman–Crippen MR) is 153 cm³/mol. The average Bonchev–Trinajstić information content (AvgIpc) is 3.63. The predicted octanol–water partition coefficient (Wildman–Crippen LogP) is 3.39. The third kappa shape index (κ3) is 8.60. The highest BCUT2D eigenvalue weighted by Crippen LogP contribution is 2.54. The molecular weight excluding hydrogens is 506 g/mol. The normalized spacial score (nSPS) is 39.7. The minimum atomic E-state index is -2.76. The summed E-state index contributed by atoms with van der Waals surface area (Å²) in [6, 6.07) is 0. The lowest BCUT2D eigenvalue weighted by Crippen LogP contribution is -2.23. The molecule has 4 fully saturated rings. The molecule has 8 atom stereocenters. The van der Waals surface area contributed by atoms with Gasteiger partial charge in [-0.25, -0.2) is 0 Å². The lowest BCUT2D eigenvalue weighted by atomic mass is 10.0. The van der Waals surface area contributed by atoms with E-state index in [0.717, 1.165) is 52.4 Å². The molecule has 0 saturated carbocycles. The van der Waals surface area contributed by atoms with Gasteiger partial charge in [0.25, 0.3) is 0 Å². The molecule has 4 rings (SSSR count). The van der Waals surface area contributed by atoms with Crippen molar-refractivity contribution in [2.45, 2.75) is 34.1 Å². The van der Waals surface area contributed by atoms with Gasteiger partial charge in [0.05, 0.1) is 13.2 Å². The fourth-order valence-electron chi connectivity index (χ4n) is 6.74. The van der Waals surface area contributed by atoms with Crippen LogP contribution in [0.3, 0.4) is 0 Å². The zero-order chi connectivity index (χ0) is 26.5. The molecule has 4 aliphatic rings. The van der Waals surface area contributed by atoms with E-state index in [-0.39, 0.29) is 0 Å². The monoisotopic (exact) mass is 560 g/mol. The van der Waals surface area contributed by atoms with Crippen LogP contribution in [0, 0.1) is 47.3 Å². The van der Waals surface area contributed by atoms with E-state index in [2.05, 4.69) is 49.0 Å². The number of nitrogens with one attached hydrogen (secondary N) is 4. The Morgan fingerprint density at radius 2 is 0.784 bits per heavy atom. The highest BCUT2D eigenvalue weighted by atomic mass is 31.2. The molecule has 4 heterocycles. The fraction of sp³-hybridized carbons (Fsp3) is 1.00. The van der Waals surface area contributed by atoms with Crippen LogP contribution in [0.1, 0.15) is 34.1 Å². The summed E-state index contributed by atoms with van der Waals surface area (Å²) < 4.78 is 40.8. The van der Waals surface area contributed by atoms with Crippen molar-refractivity contribution in [2.24, 2.45) is 47.3 Å². The summed E-state index contributed by atoms with van der Waals surface area (Å²) in [6.45, 7) is 17.6. The minimum Gasteiger partial charge on any atom is -0.328 e. The molecule has 37 heavy (non-hydrogen) atoms. The van der Waals surface area contributed by atoms with Crippen molar-refractivity contribution >= 4 is 14.7 Å². The Hall–Kier alpha value is 0.220. The van der Waals surface area contributed by atoms with Gasteiger partial charge in [0, 0.05) is 24.6 Å². The Kier molecular flexibility index (Phi) is 11.2. The first-order valence-electron chi connectivity index (χ1n) is 14.9. The first kappa shape index (κ1) is 30.2. The Bertz CT molecular complexity index is 701. The fourth-order valence-corrected chi connectivity index (χ4v) is 13.2. The maximum absolute atomic E-state index is 14.1. The third-order valence-electron chi connectivity index (χ3n) is 9.70. The summed E-state index contributed by atoms with van der Waals surface area (Å²) in [5.74, 6) is 3.78. The molecule has 0 spiro atoms. The van der Waals surface area contributed by atoms with Crippen LogP contribution in [0.2, 0.25) is 0 Å². The van der Waals surface area contributed by atoms with E-state index < -0.39 is 14.7 Å². The van der Waals surface area contributed by atoms with Crippen molar-refractivity contribution in [3.8, 4) is 0 Å². The quantitative estimate of drug-likeness (QED) is 0.190. The summed E-state index contributed by atoms with van der Waals surface area (Å²) in [4.78, 5) is 0. The highest BCUT2D eigenvalue weighted by Gasteiger charge is 2.39.